The Labute approximate surface area is 123 Å². The molecule has 0 aromatic heterocycles. The zero-order valence-corrected chi connectivity index (χ0v) is 13.1. The van der Waals surface area contributed by atoms with Crippen LogP contribution in [-0.4, -0.2) is 11.1 Å². The van der Waals surface area contributed by atoms with E-state index in [-0.39, 0.29) is 5.92 Å². The Kier molecular flexibility index (Phi) is 4.67. The van der Waals surface area contributed by atoms with E-state index in [1.54, 1.807) is 0 Å². The van der Waals surface area contributed by atoms with Crippen LogP contribution in [0.2, 0.25) is 0 Å². The second-order valence-electron chi connectivity index (χ2n) is 5.49. The van der Waals surface area contributed by atoms with Crippen LogP contribution in [-0.2, 0) is 11.2 Å². The fourth-order valence-electron chi connectivity index (χ4n) is 2.82. The Hall–Kier alpha value is -0.830. The number of hydrogen-bond acceptors (Lipinski definition) is 1. The lowest BCUT2D eigenvalue weighted by Crippen LogP contribution is -2.04. The number of carboxylic acid groups (broad SMARTS) is 1. The van der Waals surface area contributed by atoms with Gasteiger partial charge in [-0.1, -0.05) is 41.9 Å². The van der Waals surface area contributed by atoms with Gasteiger partial charge in [0.05, 0.1) is 5.92 Å². The van der Waals surface area contributed by atoms with Gasteiger partial charge < -0.3 is 5.11 Å². The molecule has 0 bridgehead atoms. The standard InChI is InChI=1S/C16H21BrO2/c1-3-10-5-6-12(9-15(10)17)11(4-2)7-13-8-14(13)16(18)19/h5-6,9,11,13-14H,3-4,7-8H2,1-2H3,(H,18,19). The number of carboxylic acids is 1. The maximum Gasteiger partial charge on any atom is 0.306 e. The lowest BCUT2D eigenvalue weighted by molar-refractivity contribution is -0.138. The van der Waals surface area contributed by atoms with Crippen LogP contribution in [0.3, 0.4) is 0 Å². The van der Waals surface area contributed by atoms with Gasteiger partial charge in [-0.25, -0.2) is 0 Å². The lowest BCUT2D eigenvalue weighted by Gasteiger charge is -2.16. The summed E-state index contributed by atoms with van der Waals surface area (Å²) in [4.78, 5) is 10.9. The molecule has 0 heterocycles. The van der Waals surface area contributed by atoms with Crippen molar-refractivity contribution in [3.05, 3.63) is 33.8 Å². The molecule has 3 unspecified atom stereocenters. The van der Waals surface area contributed by atoms with Crippen LogP contribution in [0, 0.1) is 11.8 Å². The van der Waals surface area contributed by atoms with Crippen LogP contribution in [0.5, 0.6) is 0 Å². The molecule has 19 heavy (non-hydrogen) atoms. The van der Waals surface area contributed by atoms with E-state index in [9.17, 15) is 4.79 Å². The van der Waals surface area contributed by atoms with Crippen LogP contribution >= 0.6 is 15.9 Å². The highest BCUT2D eigenvalue weighted by atomic mass is 79.9. The minimum Gasteiger partial charge on any atom is -0.481 e. The molecule has 1 aromatic rings. The van der Waals surface area contributed by atoms with E-state index in [0.29, 0.717) is 11.8 Å². The molecular weight excluding hydrogens is 304 g/mol. The van der Waals surface area contributed by atoms with Crippen molar-refractivity contribution in [2.75, 3.05) is 0 Å². The first-order valence-corrected chi connectivity index (χ1v) is 7.87. The summed E-state index contributed by atoms with van der Waals surface area (Å²) >= 11 is 3.63. The first kappa shape index (κ1) is 14.6. The minimum absolute atomic E-state index is 0.0904. The van der Waals surface area contributed by atoms with Gasteiger partial charge in [-0.05, 0) is 54.7 Å². The molecule has 0 radical (unpaired) electrons. The van der Waals surface area contributed by atoms with Gasteiger partial charge in [-0.15, -0.1) is 0 Å². The van der Waals surface area contributed by atoms with Crippen LogP contribution in [0.1, 0.15) is 50.2 Å². The summed E-state index contributed by atoms with van der Waals surface area (Å²) in [6.45, 7) is 4.34. The number of carbonyl (C=O) groups is 1. The SMILES string of the molecule is CCc1ccc(C(CC)CC2CC2C(=O)O)cc1Br. The summed E-state index contributed by atoms with van der Waals surface area (Å²) < 4.78 is 1.18. The highest BCUT2D eigenvalue weighted by Gasteiger charge is 2.43. The third-order valence-electron chi connectivity index (χ3n) is 4.25. The second kappa shape index (κ2) is 6.08. The third kappa shape index (κ3) is 3.38. The summed E-state index contributed by atoms with van der Waals surface area (Å²) in [5.74, 6) is 0.151. The maximum absolute atomic E-state index is 10.9. The van der Waals surface area contributed by atoms with E-state index in [2.05, 4.69) is 48.0 Å². The molecule has 3 heteroatoms. The first-order chi connectivity index (χ1) is 9.06. The zero-order chi connectivity index (χ0) is 14.0. The summed E-state index contributed by atoms with van der Waals surface area (Å²) in [5.41, 5.74) is 2.66. The minimum atomic E-state index is -0.623. The Morgan fingerprint density at radius 1 is 1.47 bits per heavy atom. The molecule has 0 spiro atoms. The van der Waals surface area contributed by atoms with Crippen molar-refractivity contribution in [1.82, 2.24) is 0 Å². The molecule has 1 aliphatic rings. The highest BCUT2D eigenvalue weighted by molar-refractivity contribution is 9.10. The normalized spacial score (nSPS) is 23.1. The fraction of sp³-hybridized carbons (Fsp3) is 0.562. The third-order valence-corrected chi connectivity index (χ3v) is 4.99. The summed E-state index contributed by atoms with van der Waals surface area (Å²) in [6.07, 6.45) is 3.97. The molecule has 1 fully saturated rings. The predicted octanol–water partition coefficient (Wildman–Crippen LogP) is 4.62. The molecule has 0 amide bonds. The summed E-state index contributed by atoms with van der Waals surface area (Å²) in [5, 5.41) is 8.98. The molecule has 1 aliphatic carbocycles. The van der Waals surface area contributed by atoms with Crippen molar-refractivity contribution in [3.63, 3.8) is 0 Å². The molecule has 1 aromatic carbocycles. The van der Waals surface area contributed by atoms with Crippen LogP contribution < -0.4 is 0 Å². The topological polar surface area (TPSA) is 37.3 Å². The first-order valence-electron chi connectivity index (χ1n) is 7.07. The van der Waals surface area contributed by atoms with Gasteiger partial charge in [0.25, 0.3) is 0 Å². The van der Waals surface area contributed by atoms with Crippen LogP contribution in [0.25, 0.3) is 0 Å². The lowest BCUT2D eigenvalue weighted by atomic mass is 9.90. The van der Waals surface area contributed by atoms with E-state index in [1.165, 1.54) is 15.6 Å². The molecule has 3 atom stereocenters. The van der Waals surface area contributed by atoms with E-state index in [1.807, 2.05) is 0 Å². The van der Waals surface area contributed by atoms with Gasteiger partial charge in [0.1, 0.15) is 0 Å². The Balaban J connectivity index is 2.06. The van der Waals surface area contributed by atoms with Crippen molar-refractivity contribution in [2.24, 2.45) is 11.8 Å². The van der Waals surface area contributed by atoms with E-state index < -0.39 is 5.97 Å². The molecular formula is C16H21BrO2. The number of aryl methyl sites for hydroxylation is 1. The second-order valence-corrected chi connectivity index (χ2v) is 6.34. The monoisotopic (exact) mass is 324 g/mol. The number of benzene rings is 1. The molecule has 1 saturated carbocycles. The largest absolute Gasteiger partial charge is 0.481 e. The van der Waals surface area contributed by atoms with Gasteiger partial charge in [0.15, 0.2) is 0 Å². The highest BCUT2D eigenvalue weighted by Crippen LogP contribution is 2.46. The van der Waals surface area contributed by atoms with E-state index in [4.69, 9.17) is 5.11 Å². The van der Waals surface area contributed by atoms with Crippen LogP contribution in [0.15, 0.2) is 22.7 Å². The van der Waals surface area contributed by atoms with Crippen LogP contribution in [0.4, 0.5) is 0 Å². The molecule has 0 aliphatic heterocycles. The van der Waals surface area contributed by atoms with Crippen molar-refractivity contribution in [1.29, 1.82) is 0 Å². The Morgan fingerprint density at radius 3 is 2.68 bits per heavy atom. The quantitative estimate of drug-likeness (QED) is 0.829. The van der Waals surface area contributed by atoms with Crippen molar-refractivity contribution < 1.29 is 9.90 Å². The summed E-state index contributed by atoms with van der Waals surface area (Å²) in [7, 11) is 0. The smallest absolute Gasteiger partial charge is 0.306 e. The average molecular weight is 325 g/mol. The Morgan fingerprint density at radius 2 is 2.21 bits per heavy atom. The maximum atomic E-state index is 10.9. The van der Waals surface area contributed by atoms with Gasteiger partial charge in [0.2, 0.25) is 0 Å². The number of halogens is 1. The molecule has 2 rings (SSSR count). The zero-order valence-electron chi connectivity index (χ0n) is 11.5. The van der Waals surface area contributed by atoms with Gasteiger partial charge in [-0.2, -0.15) is 0 Å². The van der Waals surface area contributed by atoms with Crippen molar-refractivity contribution >= 4 is 21.9 Å². The average Bonchev–Trinajstić information content (AvgIpc) is 3.15. The molecule has 104 valence electrons. The molecule has 0 saturated heterocycles. The number of aliphatic carboxylic acids is 1. The Bertz CT molecular complexity index is 470. The molecule has 1 N–H and O–H groups in total. The fourth-order valence-corrected chi connectivity index (χ4v) is 3.50. The van der Waals surface area contributed by atoms with Crippen molar-refractivity contribution in [3.8, 4) is 0 Å². The van der Waals surface area contributed by atoms with Gasteiger partial charge in [0, 0.05) is 4.47 Å². The van der Waals surface area contributed by atoms with E-state index >= 15 is 0 Å². The van der Waals surface area contributed by atoms with Gasteiger partial charge >= 0.3 is 5.97 Å². The molecule has 2 nitrogen and oxygen atoms in total. The summed E-state index contributed by atoms with van der Waals surface area (Å²) in [6, 6.07) is 6.60. The number of rotatable bonds is 6. The van der Waals surface area contributed by atoms with E-state index in [0.717, 1.165) is 25.7 Å². The van der Waals surface area contributed by atoms with Crippen molar-refractivity contribution in [2.45, 2.75) is 45.4 Å². The predicted molar refractivity (Wildman–Crippen MR) is 80.4 cm³/mol. The van der Waals surface area contributed by atoms with Gasteiger partial charge in [-0.3, -0.25) is 4.79 Å². The number of hydrogen-bond donors (Lipinski definition) is 1.